The van der Waals surface area contributed by atoms with Crippen molar-refractivity contribution in [2.24, 2.45) is 13.0 Å². The van der Waals surface area contributed by atoms with E-state index in [0.717, 1.165) is 5.69 Å². The number of nitrogens with zero attached hydrogens (tertiary/aromatic N) is 2. The van der Waals surface area contributed by atoms with E-state index in [-0.39, 0.29) is 17.8 Å². The lowest BCUT2D eigenvalue weighted by atomic mass is 9.92. The van der Waals surface area contributed by atoms with Crippen molar-refractivity contribution in [1.82, 2.24) is 15.1 Å². The number of anilines is 1. The van der Waals surface area contributed by atoms with Crippen LogP contribution in [0.25, 0.3) is 0 Å². The topological polar surface area (TPSA) is 59.0 Å². The van der Waals surface area contributed by atoms with Gasteiger partial charge in [-0.2, -0.15) is 5.10 Å². The van der Waals surface area contributed by atoms with Crippen molar-refractivity contribution in [2.45, 2.75) is 26.7 Å². The van der Waals surface area contributed by atoms with Gasteiger partial charge in [0.05, 0.1) is 0 Å². The van der Waals surface area contributed by atoms with Gasteiger partial charge in [-0.15, -0.1) is 0 Å². The van der Waals surface area contributed by atoms with Gasteiger partial charge < -0.3 is 10.6 Å². The summed E-state index contributed by atoms with van der Waals surface area (Å²) >= 11 is 0. The number of benzene rings is 1. The Morgan fingerprint density at radius 2 is 2.09 bits per heavy atom. The number of halogens is 1. The Morgan fingerprint density at radius 3 is 2.65 bits per heavy atom. The maximum atomic E-state index is 13.1. The molecule has 1 aromatic heterocycles. The number of amides is 2. The molecule has 0 bridgehead atoms. The Kier molecular flexibility index (Phi) is 5.36. The summed E-state index contributed by atoms with van der Waals surface area (Å²) in [5, 5.41) is 9.82. The fourth-order valence-corrected chi connectivity index (χ4v) is 2.57. The van der Waals surface area contributed by atoms with E-state index in [2.05, 4.69) is 29.6 Å². The minimum absolute atomic E-state index is 0.169. The smallest absolute Gasteiger partial charge is 0.319 e. The van der Waals surface area contributed by atoms with Gasteiger partial charge in [0.15, 0.2) is 0 Å². The molecule has 0 unspecified atom stereocenters. The summed E-state index contributed by atoms with van der Waals surface area (Å²) in [4.78, 5) is 12.1. The average molecular weight is 318 g/mol. The highest BCUT2D eigenvalue weighted by atomic mass is 19.1. The SMILES string of the molecule is Cc1cc(F)ccc1NC(=O)NC[C@H](c1ccnn1C)C(C)C. The van der Waals surface area contributed by atoms with Crippen LogP contribution in [-0.4, -0.2) is 22.4 Å². The van der Waals surface area contributed by atoms with E-state index in [1.807, 2.05) is 17.8 Å². The van der Waals surface area contributed by atoms with E-state index in [1.54, 1.807) is 19.2 Å². The van der Waals surface area contributed by atoms with Gasteiger partial charge in [-0.1, -0.05) is 13.8 Å². The number of aromatic nitrogens is 2. The molecule has 1 aromatic carbocycles. The van der Waals surface area contributed by atoms with Gasteiger partial charge in [-0.25, -0.2) is 9.18 Å². The molecule has 1 atom stereocenters. The van der Waals surface area contributed by atoms with Gasteiger partial charge >= 0.3 is 6.03 Å². The quantitative estimate of drug-likeness (QED) is 0.887. The Bertz CT molecular complexity index is 681. The molecule has 1 heterocycles. The summed E-state index contributed by atoms with van der Waals surface area (Å²) < 4.78 is 14.9. The second-order valence-corrected chi connectivity index (χ2v) is 6.02. The molecule has 0 saturated heterocycles. The molecular formula is C17H23FN4O. The van der Waals surface area contributed by atoms with Gasteiger partial charge in [0.2, 0.25) is 0 Å². The van der Waals surface area contributed by atoms with Crippen LogP contribution in [0.4, 0.5) is 14.9 Å². The zero-order valence-electron chi connectivity index (χ0n) is 13.9. The number of rotatable bonds is 5. The first-order chi connectivity index (χ1) is 10.9. The van der Waals surface area contributed by atoms with Gasteiger partial charge in [-0.3, -0.25) is 4.68 Å². The van der Waals surface area contributed by atoms with Crippen molar-refractivity contribution in [3.8, 4) is 0 Å². The second-order valence-electron chi connectivity index (χ2n) is 6.02. The molecule has 0 aliphatic rings. The van der Waals surface area contributed by atoms with Crippen molar-refractivity contribution in [1.29, 1.82) is 0 Å². The van der Waals surface area contributed by atoms with Crippen LogP contribution < -0.4 is 10.6 Å². The molecule has 6 heteroatoms. The number of hydrogen-bond donors (Lipinski definition) is 2. The Morgan fingerprint density at radius 1 is 1.35 bits per heavy atom. The first-order valence-electron chi connectivity index (χ1n) is 7.67. The minimum atomic E-state index is -0.315. The number of urea groups is 1. The molecule has 2 rings (SSSR count). The van der Waals surface area contributed by atoms with E-state index < -0.39 is 0 Å². The van der Waals surface area contributed by atoms with Crippen LogP contribution in [0.3, 0.4) is 0 Å². The predicted octanol–water partition coefficient (Wildman–Crippen LogP) is 3.43. The first kappa shape index (κ1) is 17.0. The Balaban J connectivity index is 1.98. The van der Waals surface area contributed by atoms with Gasteiger partial charge in [-0.05, 0) is 42.7 Å². The normalized spacial score (nSPS) is 12.3. The van der Waals surface area contributed by atoms with E-state index in [0.29, 0.717) is 23.7 Å². The van der Waals surface area contributed by atoms with Crippen molar-refractivity contribution < 1.29 is 9.18 Å². The summed E-state index contributed by atoms with van der Waals surface area (Å²) in [5.74, 6) is 0.213. The number of aryl methyl sites for hydroxylation is 2. The van der Waals surface area contributed by atoms with E-state index in [1.165, 1.54) is 12.1 Å². The van der Waals surface area contributed by atoms with Crippen LogP contribution in [0.1, 0.15) is 31.0 Å². The third kappa shape index (κ3) is 4.31. The number of carbonyl (C=O) groups excluding carboxylic acids is 1. The second kappa shape index (κ2) is 7.26. The third-order valence-corrected chi connectivity index (χ3v) is 3.96. The van der Waals surface area contributed by atoms with E-state index >= 15 is 0 Å². The monoisotopic (exact) mass is 318 g/mol. The fraction of sp³-hybridized carbons (Fsp3) is 0.412. The Labute approximate surface area is 135 Å². The first-order valence-corrected chi connectivity index (χ1v) is 7.67. The molecule has 0 aliphatic carbocycles. The largest absolute Gasteiger partial charge is 0.337 e. The number of carbonyl (C=O) groups is 1. The van der Waals surface area contributed by atoms with Crippen LogP contribution in [0.2, 0.25) is 0 Å². The minimum Gasteiger partial charge on any atom is -0.337 e. The van der Waals surface area contributed by atoms with Crippen LogP contribution in [-0.2, 0) is 7.05 Å². The van der Waals surface area contributed by atoms with Gasteiger partial charge in [0.25, 0.3) is 0 Å². The molecule has 124 valence electrons. The molecule has 2 amide bonds. The van der Waals surface area contributed by atoms with Crippen LogP contribution >= 0.6 is 0 Å². The number of hydrogen-bond acceptors (Lipinski definition) is 2. The Hall–Kier alpha value is -2.37. The zero-order valence-corrected chi connectivity index (χ0v) is 13.9. The molecule has 0 saturated carbocycles. The lowest BCUT2D eigenvalue weighted by molar-refractivity contribution is 0.250. The standard InChI is InChI=1S/C17H23FN4O/c1-11(2)14(16-7-8-20-22(16)4)10-19-17(23)21-15-6-5-13(18)9-12(15)3/h5-9,11,14H,10H2,1-4H3,(H2,19,21,23)/t14-/m0/s1. The number of nitrogens with one attached hydrogen (secondary N) is 2. The molecule has 0 radical (unpaired) electrons. The maximum Gasteiger partial charge on any atom is 0.319 e. The van der Waals surface area contributed by atoms with Crippen LogP contribution in [0.15, 0.2) is 30.5 Å². The third-order valence-electron chi connectivity index (χ3n) is 3.96. The molecule has 2 N–H and O–H groups in total. The summed E-state index contributed by atoms with van der Waals surface area (Å²) in [7, 11) is 1.90. The molecule has 2 aromatic rings. The maximum absolute atomic E-state index is 13.1. The molecule has 5 nitrogen and oxygen atoms in total. The summed E-state index contributed by atoms with van der Waals surface area (Å²) in [5.41, 5.74) is 2.37. The predicted molar refractivity (Wildman–Crippen MR) is 88.9 cm³/mol. The van der Waals surface area contributed by atoms with Crippen molar-refractivity contribution in [3.05, 3.63) is 47.5 Å². The van der Waals surface area contributed by atoms with E-state index in [4.69, 9.17) is 0 Å². The lowest BCUT2D eigenvalue weighted by Crippen LogP contribution is -2.34. The van der Waals surface area contributed by atoms with Crippen molar-refractivity contribution in [2.75, 3.05) is 11.9 Å². The molecular weight excluding hydrogens is 295 g/mol. The van der Waals surface area contributed by atoms with E-state index in [9.17, 15) is 9.18 Å². The van der Waals surface area contributed by atoms with Crippen molar-refractivity contribution >= 4 is 11.7 Å². The van der Waals surface area contributed by atoms with Crippen LogP contribution in [0, 0.1) is 18.7 Å². The summed E-state index contributed by atoms with van der Waals surface area (Å²) in [6.07, 6.45) is 1.76. The molecule has 0 fully saturated rings. The fourth-order valence-electron chi connectivity index (χ4n) is 2.57. The highest BCUT2D eigenvalue weighted by Gasteiger charge is 2.19. The van der Waals surface area contributed by atoms with Crippen molar-refractivity contribution in [3.63, 3.8) is 0 Å². The van der Waals surface area contributed by atoms with Gasteiger partial charge in [0, 0.05) is 37.1 Å². The summed E-state index contributed by atoms with van der Waals surface area (Å²) in [6.45, 7) is 6.48. The van der Waals surface area contributed by atoms with Gasteiger partial charge in [0.1, 0.15) is 5.82 Å². The zero-order chi connectivity index (χ0) is 17.0. The molecule has 0 spiro atoms. The summed E-state index contributed by atoms with van der Waals surface area (Å²) in [6, 6.07) is 5.95. The lowest BCUT2D eigenvalue weighted by Gasteiger charge is -2.22. The molecule has 0 aliphatic heterocycles. The highest BCUT2D eigenvalue weighted by Crippen LogP contribution is 2.23. The molecule has 23 heavy (non-hydrogen) atoms. The highest BCUT2D eigenvalue weighted by molar-refractivity contribution is 5.90. The average Bonchev–Trinajstić information content (AvgIpc) is 2.88. The van der Waals surface area contributed by atoms with Crippen LogP contribution in [0.5, 0.6) is 0 Å².